The van der Waals surface area contributed by atoms with Gasteiger partial charge in [-0.05, 0) is 6.07 Å². The molecule has 2 aromatic carbocycles. The Kier molecular flexibility index (Phi) is 4.73. The minimum absolute atomic E-state index is 0.223. The Morgan fingerprint density at radius 1 is 0.769 bits per heavy atom. The average Bonchev–Trinajstić information content (AvgIpc) is 2.53. The Labute approximate surface area is 140 Å². The molecular formula is C13H6F3N3O7. The van der Waals surface area contributed by atoms with Gasteiger partial charge in [-0.25, -0.2) is 0 Å². The van der Waals surface area contributed by atoms with Gasteiger partial charge < -0.3 is 4.74 Å². The molecule has 0 aliphatic heterocycles. The molecular weight excluding hydrogens is 367 g/mol. The summed E-state index contributed by atoms with van der Waals surface area (Å²) in [5, 5.41) is 32.2. The first kappa shape index (κ1) is 18.6. The van der Waals surface area contributed by atoms with Crippen molar-refractivity contribution in [3.05, 3.63) is 72.3 Å². The molecule has 136 valence electrons. The first-order chi connectivity index (χ1) is 12.0. The number of hydrogen-bond donors (Lipinski definition) is 0. The van der Waals surface area contributed by atoms with E-state index in [1.165, 1.54) is 0 Å². The Balaban J connectivity index is 2.56. The van der Waals surface area contributed by atoms with Gasteiger partial charge in [0, 0.05) is 12.1 Å². The molecule has 2 rings (SSSR count). The van der Waals surface area contributed by atoms with Gasteiger partial charge in [0.15, 0.2) is 0 Å². The molecule has 0 heterocycles. The number of alkyl halides is 3. The largest absolute Gasteiger partial charge is 0.456 e. The molecule has 26 heavy (non-hydrogen) atoms. The van der Waals surface area contributed by atoms with E-state index in [4.69, 9.17) is 4.74 Å². The second-order valence-electron chi connectivity index (χ2n) is 4.74. The van der Waals surface area contributed by atoms with E-state index >= 15 is 0 Å². The summed E-state index contributed by atoms with van der Waals surface area (Å²) in [6.45, 7) is 0. The van der Waals surface area contributed by atoms with Crippen LogP contribution in [0.4, 0.5) is 30.2 Å². The summed E-state index contributed by atoms with van der Waals surface area (Å²) in [6, 6.07) is 3.58. The molecule has 0 spiro atoms. The second kappa shape index (κ2) is 6.62. The average molecular weight is 373 g/mol. The fourth-order valence-electron chi connectivity index (χ4n) is 1.91. The van der Waals surface area contributed by atoms with E-state index in [1.807, 2.05) is 0 Å². The lowest BCUT2D eigenvalue weighted by molar-refractivity contribution is -0.394. The zero-order chi connectivity index (χ0) is 19.6. The molecule has 0 unspecified atom stereocenters. The lowest BCUT2D eigenvalue weighted by Gasteiger charge is -2.13. The molecule has 0 atom stereocenters. The molecule has 0 aliphatic rings. The summed E-state index contributed by atoms with van der Waals surface area (Å²) in [4.78, 5) is 29.2. The highest BCUT2D eigenvalue weighted by atomic mass is 19.4. The SMILES string of the molecule is O=[N+]([O-])c1cc(Oc2ccc([N+](=O)[O-])cc2C(F)(F)F)cc([N+](=O)[O-])c1. The lowest BCUT2D eigenvalue weighted by Crippen LogP contribution is -2.08. The van der Waals surface area contributed by atoms with Gasteiger partial charge in [-0.1, -0.05) is 0 Å². The van der Waals surface area contributed by atoms with Crippen molar-refractivity contribution in [2.24, 2.45) is 0 Å². The minimum atomic E-state index is -5.03. The number of nitro groups is 3. The third kappa shape index (κ3) is 4.00. The quantitative estimate of drug-likeness (QED) is 0.564. The highest BCUT2D eigenvalue weighted by Crippen LogP contribution is 2.41. The van der Waals surface area contributed by atoms with E-state index in [0.29, 0.717) is 24.3 Å². The lowest BCUT2D eigenvalue weighted by atomic mass is 10.1. The molecule has 2 aromatic rings. The monoisotopic (exact) mass is 373 g/mol. The molecule has 0 N–H and O–H groups in total. The van der Waals surface area contributed by atoms with Crippen LogP contribution in [0.15, 0.2) is 36.4 Å². The summed E-state index contributed by atoms with van der Waals surface area (Å²) in [5.74, 6) is -1.51. The molecule has 0 radical (unpaired) electrons. The summed E-state index contributed by atoms with van der Waals surface area (Å²) in [5.41, 5.74) is -3.91. The van der Waals surface area contributed by atoms with E-state index in [-0.39, 0.29) is 6.07 Å². The first-order valence-corrected chi connectivity index (χ1v) is 6.46. The molecule has 0 bridgehead atoms. The molecule has 13 heteroatoms. The van der Waals surface area contributed by atoms with Crippen molar-refractivity contribution in [2.75, 3.05) is 0 Å². The Bertz CT molecular complexity index is 882. The smallest absolute Gasteiger partial charge is 0.420 e. The fourth-order valence-corrected chi connectivity index (χ4v) is 1.91. The zero-order valence-corrected chi connectivity index (χ0v) is 12.3. The van der Waals surface area contributed by atoms with Crippen molar-refractivity contribution in [3.63, 3.8) is 0 Å². The molecule has 0 saturated heterocycles. The molecule has 0 fully saturated rings. The molecule has 0 aliphatic carbocycles. The molecule has 0 aromatic heterocycles. The Hall–Kier alpha value is -3.77. The van der Waals surface area contributed by atoms with Gasteiger partial charge >= 0.3 is 6.18 Å². The third-order valence-corrected chi connectivity index (χ3v) is 3.00. The number of ether oxygens (including phenoxy) is 1. The number of hydrogen-bond acceptors (Lipinski definition) is 7. The van der Waals surface area contributed by atoms with Crippen LogP contribution in [0.1, 0.15) is 5.56 Å². The number of rotatable bonds is 5. The predicted molar refractivity (Wildman–Crippen MR) is 77.9 cm³/mol. The number of halogens is 3. The maximum atomic E-state index is 13.1. The molecule has 0 amide bonds. The van der Waals surface area contributed by atoms with Crippen molar-refractivity contribution in [2.45, 2.75) is 6.18 Å². The number of non-ortho nitro benzene ring substituents is 3. The van der Waals surface area contributed by atoms with Crippen molar-refractivity contribution in [1.29, 1.82) is 0 Å². The normalized spacial score (nSPS) is 11.0. The topological polar surface area (TPSA) is 139 Å². The molecule has 0 saturated carbocycles. The third-order valence-electron chi connectivity index (χ3n) is 3.00. The summed E-state index contributed by atoms with van der Waals surface area (Å²) >= 11 is 0. The Morgan fingerprint density at radius 3 is 1.69 bits per heavy atom. The van der Waals surface area contributed by atoms with Gasteiger partial charge in [-0.2, -0.15) is 13.2 Å². The van der Waals surface area contributed by atoms with E-state index < -0.39 is 55.1 Å². The van der Waals surface area contributed by atoms with Crippen LogP contribution < -0.4 is 4.74 Å². The Morgan fingerprint density at radius 2 is 1.27 bits per heavy atom. The minimum Gasteiger partial charge on any atom is -0.456 e. The van der Waals surface area contributed by atoms with Gasteiger partial charge in [0.2, 0.25) is 0 Å². The number of benzene rings is 2. The van der Waals surface area contributed by atoms with E-state index in [0.717, 1.165) is 6.07 Å². The highest BCUT2D eigenvalue weighted by Gasteiger charge is 2.36. The second-order valence-corrected chi connectivity index (χ2v) is 4.74. The van der Waals surface area contributed by atoms with Crippen molar-refractivity contribution in [3.8, 4) is 11.5 Å². The van der Waals surface area contributed by atoms with Crippen LogP contribution in [0.3, 0.4) is 0 Å². The predicted octanol–water partition coefficient (Wildman–Crippen LogP) is 4.22. The van der Waals surface area contributed by atoms with Gasteiger partial charge in [-0.15, -0.1) is 0 Å². The van der Waals surface area contributed by atoms with Crippen LogP contribution in [0.5, 0.6) is 11.5 Å². The maximum absolute atomic E-state index is 13.1. The van der Waals surface area contributed by atoms with E-state index in [2.05, 4.69) is 0 Å². The van der Waals surface area contributed by atoms with Crippen LogP contribution in [-0.4, -0.2) is 14.8 Å². The van der Waals surface area contributed by atoms with Crippen molar-refractivity contribution < 1.29 is 32.7 Å². The standard InChI is InChI=1S/C13H6F3N3O7/c14-13(15,16)11-6-7(17(20)21)1-2-12(11)26-10-4-8(18(22)23)3-9(5-10)19(24)25/h1-6H. The van der Waals surface area contributed by atoms with E-state index in [9.17, 15) is 43.5 Å². The molecule has 10 nitrogen and oxygen atoms in total. The van der Waals surface area contributed by atoms with Gasteiger partial charge in [0.25, 0.3) is 17.1 Å². The fraction of sp³-hybridized carbons (Fsp3) is 0.0769. The summed E-state index contributed by atoms with van der Waals surface area (Å²) < 4.78 is 44.2. The van der Waals surface area contributed by atoms with Gasteiger partial charge in [0.1, 0.15) is 17.1 Å². The number of nitro benzene ring substituents is 3. The first-order valence-electron chi connectivity index (χ1n) is 6.46. The zero-order valence-electron chi connectivity index (χ0n) is 12.3. The van der Waals surface area contributed by atoms with Crippen LogP contribution in [-0.2, 0) is 6.18 Å². The van der Waals surface area contributed by atoms with Crippen LogP contribution >= 0.6 is 0 Å². The van der Waals surface area contributed by atoms with Crippen molar-refractivity contribution >= 4 is 17.1 Å². The van der Waals surface area contributed by atoms with Gasteiger partial charge in [-0.3, -0.25) is 30.3 Å². The summed E-state index contributed by atoms with van der Waals surface area (Å²) in [6.07, 6.45) is -5.03. The van der Waals surface area contributed by atoms with Crippen molar-refractivity contribution in [1.82, 2.24) is 0 Å². The van der Waals surface area contributed by atoms with E-state index in [1.54, 1.807) is 0 Å². The van der Waals surface area contributed by atoms with Crippen LogP contribution in [0.25, 0.3) is 0 Å². The van der Waals surface area contributed by atoms with Gasteiger partial charge in [0.05, 0.1) is 33.0 Å². The highest BCUT2D eigenvalue weighted by molar-refractivity contribution is 5.52. The van der Waals surface area contributed by atoms with Crippen LogP contribution in [0, 0.1) is 30.3 Å². The summed E-state index contributed by atoms with van der Waals surface area (Å²) in [7, 11) is 0. The van der Waals surface area contributed by atoms with Crippen LogP contribution in [0.2, 0.25) is 0 Å². The number of nitrogens with zero attached hydrogens (tertiary/aromatic N) is 3. The maximum Gasteiger partial charge on any atom is 0.420 e.